The van der Waals surface area contributed by atoms with Gasteiger partial charge in [0.25, 0.3) is 0 Å². The van der Waals surface area contributed by atoms with Crippen LogP contribution in [0.5, 0.6) is 5.75 Å². The highest BCUT2D eigenvalue weighted by Gasteiger charge is 2.14. The van der Waals surface area contributed by atoms with E-state index in [9.17, 15) is 21.9 Å². The first-order valence-corrected chi connectivity index (χ1v) is 9.02. The molecule has 0 radical (unpaired) electrons. The average Bonchev–Trinajstić information content (AvgIpc) is 2.30. The molecule has 5 N–H and O–H groups in total. The predicted octanol–water partition coefficient (Wildman–Crippen LogP) is -0.808. The molecular formula is C10H17N3O5S2. The lowest BCUT2D eigenvalue weighted by Crippen LogP contribution is -2.29. The maximum absolute atomic E-state index is 11.9. The van der Waals surface area contributed by atoms with E-state index in [0.717, 1.165) is 12.3 Å². The Kier molecular flexibility index (Phi) is 5.34. The van der Waals surface area contributed by atoms with Crippen LogP contribution in [0.4, 0.5) is 5.69 Å². The molecule has 20 heavy (non-hydrogen) atoms. The largest absolute Gasteiger partial charge is 0.506 e. The molecule has 0 unspecified atom stereocenters. The summed E-state index contributed by atoms with van der Waals surface area (Å²) in [7, 11) is -7.01. The van der Waals surface area contributed by atoms with Crippen LogP contribution in [0, 0.1) is 0 Å². The second-order valence-electron chi connectivity index (χ2n) is 4.14. The molecule has 0 aromatic heterocycles. The Balaban J connectivity index is 2.56. The average molecular weight is 323 g/mol. The number of nitrogen functional groups attached to an aromatic ring is 1. The van der Waals surface area contributed by atoms with Crippen LogP contribution in [0.15, 0.2) is 23.1 Å². The first-order chi connectivity index (χ1) is 9.12. The van der Waals surface area contributed by atoms with Crippen LogP contribution >= 0.6 is 0 Å². The minimum absolute atomic E-state index is 0.0355. The fourth-order valence-corrected chi connectivity index (χ4v) is 2.96. The van der Waals surface area contributed by atoms with Crippen LogP contribution < -0.4 is 15.2 Å². The second kappa shape index (κ2) is 6.39. The molecular weight excluding hydrogens is 306 g/mol. The minimum atomic E-state index is -3.73. The van der Waals surface area contributed by atoms with Crippen molar-refractivity contribution in [2.45, 2.75) is 11.3 Å². The quantitative estimate of drug-likeness (QED) is 0.294. The normalized spacial score (nSPS) is 12.4. The SMILES string of the molecule is CS(=O)(=O)NCCCNS(=O)(=O)c1ccc(O)c(N)c1. The summed E-state index contributed by atoms with van der Waals surface area (Å²) < 4.78 is 49.9. The van der Waals surface area contributed by atoms with Crippen LogP contribution in [0.3, 0.4) is 0 Å². The second-order valence-corrected chi connectivity index (χ2v) is 7.74. The topological polar surface area (TPSA) is 139 Å². The van der Waals surface area contributed by atoms with Gasteiger partial charge in [-0.15, -0.1) is 0 Å². The van der Waals surface area contributed by atoms with Crippen molar-refractivity contribution in [3.8, 4) is 5.75 Å². The van der Waals surface area contributed by atoms with E-state index >= 15 is 0 Å². The van der Waals surface area contributed by atoms with E-state index in [4.69, 9.17) is 5.73 Å². The highest BCUT2D eigenvalue weighted by Crippen LogP contribution is 2.22. The molecule has 0 amide bonds. The molecule has 0 aliphatic heterocycles. The number of phenols is 1. The number of hydrogen-bond donors (Lipinski definition) is 4. The molecule has 0 bridgehead atoms. The van der Waals surface area contributed by atoms with Crippen molar-refractivity contribution in [1.29, 1.82) is 0 Å². The molecule has 0 atom stereocenters. The van der Waals surface area contributed by atoms with Crippen LogP contribution in [0.1, 0.15) is 6.42 Å². The standard InChI is InChI=1S/C10H17N3O5S2/c1-19(15,16)12-5-2-6-13-20(17,18)8-3-4-10(14)9(11)7-8/h3-4,7,12-14H,2,5-6,11H2,1H3. The van der Waals surface area contributed by atoms with Gasteiger partial charge in [-0.05, 0) is 24.6 Å². The zero-order chi connectivity index (χ0) is 15.4. The van der Waals surface area contributed by atoms with Gasteiger partial charge in [-0.25, -0.2) is 26.3 Å². The van der Waals surface area contributed by atoms with Crippen LogP contribution in [-0.4, -0.2) is 41.3 Å². The maximum Gasteiger partial charge on any atom is 0.240 e. The number of sulfonamides is 2. The zero-order valence-corrected chi connectivity index (χ0v) is 12.5. The Bertz CT molecular complexity index is 670. The Morgan fingerprint density at radius 1 is 1.15 bits per heavy atom. The summed E-state index contributed by atoms with van der Waals surface area (Å²) in [5.41, 5.74) is 5.39. The Morgan fingerprint density at radius 2 is 1.75 bits per heavy atom. The Labute approximate surface area is 118 Å². The summed E-state index contributed by atoms with van der Waals surface area (Å²) in [6.45, 7) is 0.213. The van der Waals surface area contributed by atoms with Crippen molar-refractivity contribution in [2.24, 2.45) is 0 Å². The number of rotatable bonds is 7. The van der Waals surface area contributed by atoms with E-state index in [2.05, 4.69) is 9.44 Å². The van der Waals surface area contributed by atoms with Gasteiger partial charge >= 0.3 is 0 Å². The van der Waals surface area contributed by atoms with Gasteiger partial charge in [0, 0.05) is 13.1 Å². The Morgan fingerprint density at radius 3 is 2.30 bits per heavy atom. The van der Waals surface area contributed by atoms with Crippen molar-refractivity contribution in [1.82, 2.24) is 9.44 Å². The molecule has 0 aliphatic carbocycles. The van der Waals surface area contributed by atoms with Crippen molar-refractivity contribution in [3.63, 3.8) is 0 Å². The van der Waals surface area contributed by atoms with Crippen LogP contribution in [0.2, 0.25) is 0 Å². The number of phenolic OH excluding ortho intramolecular Hbond substituents is 1. The van der Waals surface area contributed by atoms with E-state index in [1.54, 1.807) is 0 Å². The minimum Gasteiger partial charge on any atom is -0.506 e. The number of hydrogen-bond acceptors (Lipinski definition) is 6. The third-order valence-electron chi connectivity index (χ3n) is 2.32. The van der Waals surface area contributed by atoms with Gasteiger partial charge in [0.1, 0.15) is 5.75 Å². The van der Waals surface area contributed by atoms with Crippen LogP contribution in [-0.2, 0) is 20.0 Å². The van der Waals surface area contributed by atoms with E-state index in [1.165, 1.54) is 12.1 Å². The maximum atomic E-state index is 11.9. The van der Waals surface area contributed by atoms with E-state index in [-0.39, 0.29) is 29.4 Å². The molecule has 8 nitrogen and oxygen atoms in total. The van der Waals surface area contributed by atoms with Crippen LogP contribution in [0.25, 0.3) is 0 Å². The smallest absolute Gasteiger partial charge is 0.240 e. The molecule has 114 valence electrons. The van der Waals surface area contributed by atoms with Gasteiger partial charge in [-0.2, -0.15) is 0 Å². The number of nitrogens with one attached hydrogen (secondary N) is 2. The molecule has 0 spiro atoms. The lowest BCUT2D eigenvalue weighted by atomic mass is 10.3. The lowest BCUT2D eigenvalue weighted by Gasteiger charge is -2.08. The van der Waals surface area contributed by atoms with E-state index in [0.29, 0.717) is 6.42 Å². The molecule has 1 aromatic rings. The van der Waals surface area contributed by atoms with Crippen molar-refractivity contribution in [2.75, 3.05) is 25.1 Å². The number of anilines is 1. The molecule has 0 aliphatic rings. The van der Waals surface area contributed by atoms with E-state index < -0.39 is 20.0 Å². The first-order valence-electron chi connectivity index (χ1n) is 5.64. The predicted molar refractivity (Wildman–Crippen MR) is 75.2 cm³/mol. The van der Waals surface area contributed by atoms with Gasteiger partial charge in [-0.3, -0.25) is 0 Å². The monoisotopic (exact) mass is 323 g/mol. The third-order valence-corrected chi connectivity index (χ3v) is 4.51. The summed E-state index contributed by atoms with van der Waals surface area (Å²) in [4.78, 5) is -0.0659. The first kappa shape index (κ1) is 16.7. The number of aromatic hydroxyl groups is 1. The highest BCUT2D eigenvalue weighted by atomic mass is 32.2. The van der Waals surface area contributed by atoms with Gasteiger partial charge in [0.2, 0.25) is 20.0 Å². The van der Waals surface area contributed by atoms with Gasteiger partial charge in [0.15, 0.2) is 0 Å². The summed E-state index contributed by atoms with van der Waals surface area (Å²) >= 11 is 0. The van der Waals surface area contributed by atoms with E-state index in [1.807, 2.05) is 0 Å². The van der Waals surface area contributed by atoms with Gasteiger partial charge < -0.3 is 10.8 Å². The summed E-state index contributed by atoms with van der Waals surface area (Å²) in [5, 5.41) is 9.23. The third kappa shape index (κ3) is 5.33. The molecule has 0 saturated carbocycles. The Hall–Kier alpha value is -1.36. The summed E-state index contributed by atoms with van der Waals surface area (Å²) in [6.07, 6.45) is 1.33. The fourth-order valence-electron chi connectivity index (χ4n) is 1.34. The zero-order valence-electron chi connectivity index (χ0n) is 10.8. The molecule has 0 fully saturated rings. The van der Waals surface area contributed by atoms with Crippen molar-refractivity contribution in [3.05, 3.63) is 18.2 Å². The lowest BCUT2D eigenvalue weighted by molar-refractivity contribution is 0.477. The number of benzene rings is 1. The van der Waals surface area contributed by atoms with Gasteiger partial charge in [-0.1, -0.05) is 0 Å². The summed E-state index contributed by atoms with van der Waals surface area (Å²) in [5.74, 6) is -0.193. The number of nitrogens with two attached hydrogens (primary N) is 1. The highest BCUT2D eigenvalue weighted by molar-refractivity contribution is 7.89. The van der Waals surface area contributed by atoms with Crippen molar-refractivity contribution < 1.29 is 21.9 Å². The summed E-state index contributed by atoms with van der Waals surface area (Å²) in [6, 6.07) is 3.56. The molecule has 0 saturated heterocycles. The molecule has 0 heterocycles. The molecule has 1 aromatic carbocycles. The fraction of sp³-hybridized carbons (Fsp3) is 0.400. The molecule has 10 heteroatoms. The van der Waals surface area contributed by atoms with Gasteiger partial charge in [0.05, 0.1) is 16.8 Å². The molecule has 1 rings (SSSR count). The van der Waals surface area contributed by atoms with Crippen molar-refractivity contribution >= 4 is 25.7 Å².